The highest BCUT2D eigenvalue weighted by Gasteiger charge is 2.21. The van der Waals surface area contributed by atoms with Gasteiger partial charge in [-0.15, -0.1) is 0 Å². The normalized spacial score (nSPS) is 19.0. The van der Waals surface area contributed by atoms with E-state index < -0.39 is 0 Å². The Morgan fingerprint density at radius 3 is 2.66 bits per heavy atom. The average Bonchev–Trinajstić information content (AvgIpc) is 3.17. The van der Waals surface area contributed by atoms with Crippen molar-refractivity contribution < 1.29 is 4.74 Å². The van der Waals surface area contributed by atoms with E-state index in [4.69, 9.17) is 14.7 Å². The minimum Gasteiger partial charge on any atom is -0.473 e. The Balaban J connectivity index is 1.17. The van der Waals surface area contributed by atoms with Gasteiger partial charge in [0.1, 0.15) is 11.8 Å². The van der Waals surface area contributed by atoms with E-state index in [0.29, 0.717) is 12.0 Å². The van der Waals surface area contributed by atoms with Gasteiger partial charge in [-0.05, 0) is 37.8 Å². The van der Waals surface area contributed by atoms with E-state index in [-0.39, 0.29) is 0 Å². The number of rotatable bonds is 5. The number of fused-ring (bicyclic) bond motifs is 1. The summed E-state index contributed by atoms with van der Waals surface area (Å²) >= 11 is 0. The van der Waals surface area contributed by atoms with E-state index in [1.807, 2.05) is 30.6 Å². The van der Waals surface area contributed by atoms with Crippen molar-refractivity contribution in [3.05, 3.63) is 48.7 Å². The van der Waals surface area contributed by atoms with Crippen molar-refractivity contribution in [2.45, 2.75) is 44.8 Å². The van der Waals surface area contributed by atoms with Crippen LogP contribution in [0.2, 0.25) is 0 Å². The van der Waals surface area contributed by atoms with Crippen molar-refractivity contribution in [1.82, 2.24) is 24.3 Å². The lowest BCUT2D eigenvalue weighted by molar-refractivity contribution is 0.148. The van der Waals surface area contributed by atoms with Crippen molar-refractivity contribution in [1.29, 1.82) is 0 Å². The van der Waals surface area contributed by atoms with Gasteiger partial charge in [0.05, 0.1) is 18.1 Å². The van der Waals surface area contributed by atoms with Gasteiger partial charge in [0.2, 0.25) is 5.88 Å². The molecule has 7 heteroatoms. The number of aromatic nitrogens is 4. The summed E-state index contributed by atoms with van der Waals surface area (Å²) in [5.74, 6) is 1.59. The molecule has 0 atom stereocenters. The number of anilines is 1. The summed E-state index contributed by atoms with van der Waals surface area (Å²) in [6.45, 7) is 4.74. The molecular formula is C22H28N6O. The zero-order valence-electron chi connectivity index (χ0n) is 16.8. The molecule has 0 amide bonds. The van der Waals surface area contributed by atoms with Crippen molar-refractivity contribution in [3.8, 4) is 5.88 Å². The van der Waals surface area contributed by atoms with Crippen LogP contribution in [0, 0.1) is 0 Å². The van der Waals surface area contributed by atoms with Crippen LogP contribution in [0.1, 0.15) is 37.8 Å². The first-order valence-electron chi connectivity index (χ1n) is 10.7. The Morgan fingerprint density at radius 1 is 0.966 bits per heavy atom. The van der Waals surface area contributed by atoms with Crippen molar-refractivity contribution in [3.63, 3.8) is 0 Å². The maximum Gasteiger partial charge on any atom is 0.234 e. The second-order valence-electron chi connectivity index (χ2n) is 8.05. The Labute approximate surface area is 171 Å². The van der Waals surface area contributed by atoms with Gasteiger partial charge in [-0.3, -0.25) is 9.88 Å². The molecule has 1 aliphatic heterocycles. The van der Waals surface area contributed by atoms with E-state index in [1.54, 1.807) is 6.20 Å². The number of hydrogen-bond donors (Lipinski definition) is 0. The number of ether oxygens (including phenoxy) is 1. The molecule has 0 radical (unpaired) electrons. The molecule has 1 saturated heterocycles. The number of piperazine rings is 1. The standard InChI is InChI=1S/C22H28N6O/c1-2-6-19(7-3-1)29-22-15-23-14-21(25-22)27-12-10-26(11-13-27)16-18-17-28-9-5-4-8-20(28)24-18/h4-5,8-9,14-15,17,19H,1-3,6-7,10-13,16H2. The van der Waals surface area contributed by atoms with Crippen LogP contribution < -0.4 is 9.64 Å². The van der Waals surface area contributed by atoms with Gasteiger partial charge >= 0.3 is 0 Å². The van der Waals surface area contributed by atoms with Gasteiger partial charge in [-0.1, -0.05) is 12.5 Å². The molecule has 0 bridgehead atoms. The second kappa shape index (κ2) is 8.37. The van der Waals surface area contributed by atoms with E-state index in [1.165, 1.54) is 19.3 Å². The molecule has 3 aromatic heterocycles. The summed E-state index contributed by atoms with van der Waals surface area (Å²) in [6, 6.07) is 6.10. The van der Waals surface area contributed by atoms with Crippen molar-refractivity contribution in [2.75, 3.05) is 31.1 Å². The summed E-state index contributed by atoms with van der Waals surface area (Å²) in [5, 5.41) is 0. The third-order valence-corrected chi connectivity index (χ3v) is 5.94. The van der Waals surface area contributed by atoms with Crippen LogP contribution >= 0.6 is 0 Å². The molecule has 7 nitrogen and oxygen atoms in total. The summed E-state index contributed by atoms with van der Waals surface area (Å²) in [7, 11) is 0. The highest BCUT2D eigenvalue weighted by molar-refractivity contribution is 5.40. The number of pyridine rings is 1. The fourth-order valence-electron chi connectivity index (χ4n) is 4.33. The highest BCUT2D eigenvalue weighted by Crippen LogP contribution is 2.23. The molecule has 3 aromatic rings. The van der Waals surface area contributed by atoms with Gasteiger partial charge < -0.3 is 14.0 Å². The van der Waals surface area contributed by atoms with Crippen LogP contribution in [0.25, 0.3) is 5.65 Å². The van der Waals surface area contributed by atoms with E-state index in [9.17, 15) is 0 Å². The smallest absolute Gasteiger partial charge is 0.234 e. The first kappa shape index (κ1) is 18.4. The molecule has 5 rings (SSSR count). The molecule has 29 heavy (non-hydrogen) atoms. The van der Waals surface area contributed by atoms with Gasteiger partial charge in [0, 0.05) is 45.1 Å². The zero-order valence-corrected chi connectivity index (χ0v) is 16.8. The Bertz CT molecular complexity index is 910. The van der Waals surface area contributed by atoms with Crippen LogP contribution in [-0.4, -0.2) is 56.5 Å². The van der Waals surface area contributed by atoms with Crippen LogP contribution in [0.4, 0.5) is 5.82 Å². The van der Waals surface area contributed by atoms with E-state index >= 15 is 0 Å². The fraction of sp³-hybridized carbons (Fsp3) is 0.500. The molecular weight excluding hydrogens is 364 g/mol. The van der Waals surface area contributed by atoms with Crippen LogP contribution in [0.3, 0.4) is 0 Å². The Morgan fingerprint density at radius 2 is 1.83 bits per heavy atom. The van der Waals surface area contributed by atoms with Crippen LogP contribution in [0.5, 0.6) is 5.88 Å². The first-order valence-corrected chi connectivity index (χ1v) is 10.7. The maximum absolute atomic E-state index is 6.09. The third-order valence-electron chi connectivity index (χ3n) is 5.94. The molecule has 152 valence electrons. The molecule has 1 saturated carbocycles. The number of hydrogen-bond acceptors (Lipinski definition) is 6. The Kier molecular flexibility index (Phi) is 5.30. The minimum atomic E-state index is 0.301. The monoisotopic (exact) mass is 392 g/mol. The van der Waals surface area contributed by atoms with Crippen molar-refractivity contribution in [2.24, 2.45) is 0 Å². The van der Waals surface area contributed by atoms with Gasteiger partial charge in [0.25, 0.3) is 0 Å². The zero-order chi connectivity index (χ0) is 19.5. The number of nitrogens with zero attached hydrogens (tertiary/aromatic N) is 6. The minimum absolute atomic E-state index is 0.301. The summed E-state index contributed by atoms with van der Waals surface area (Å²) in [5.41, 5.74) is 2.12. The lowest BCUT2D eigenvalue weighted by atomic mass is 9.98. The second-order valence-corrected chi connectivity index (χ2v) is 8.05. The molecule has 0 unspecified atom stereocenters. The summed E-state index contributed by atoms with van der Waals surface area (Å²) in [6.07, 6.45) is 14.2. The average molecular weight is 393 g/mol. The molecule has 1 aliphatic carbocycles. The molecule has 2 fully saturated rings. The Hall–Kier alpha value is -2.67. The molecule has 2 aliphatic rings. The van der Waals surface area contributed by atoms with E-state index in [0.717, 1.165) is 62.7 Å². The number of imidazole rings is 1. The predicted octanol–water partition coefficient (Wildman–Crippen LogP) is 3.16. The topological polar surface area (TPSA) is 58.8 Å². The van der Waals surface area contributed by atoms with Crippen molar-refractivity contribution >= 4 is 11.5 Å². The first-order chi connectivity index (χ1) is 14.3. The molecule has 4 heterocycles. The lowest BCUT2D eigenvalue weighted by Gasteiger charge is -2.35. The molecule has 0 spiro atoms. The largest absolute Gasteiger partial charge is 0.473 e. The van der Waals surface area contributed by atoms with Gasteiger partial charge in [-0.2, -0.15) is 4.98 Å². The summed E-state index contributed by atoms with van der Waals surface area (Å²) in [4.78, 5) is 18.6. The van der Waals surface area contributed by atoms with Crippen LogP contribution in [-0.2, 0) is 6.54 Å². The molecule has 0 aromatic carbocycles. The summed E-state index contributed by atoms with van der Waals surface area (Å²) < 4.78 is 8.18. The fourth-order valence-corrected chi connectivity index (χ4v) is 4.33. The van der Waals surface area contributed by atoms with Gasteiger partial charge in [-0.25, -0.2) is 4.98 Å². The third kappa shape index (κ3) is 4.34. The van der Waals surface area contributed by atoms with Crippen LogP contribution in [0.15, 0.2) is 43.0 Å². The maximum atomic E-state index is 6.09. The molecule has 0 N–H and O–H groups in total. The highest BCUT2D eigenvalue weighted by atomic mass is 16.5. The SMILES string of the molecule is c1ccn2cc(CN3CCN(c4cncc(OC5CCCCC5)n4)CC3)nc2c1. The predicted molar refractivity (Wildman–Crippen MR) is 112 cm³/mol. The lowest BCUT2D eigenvalue weighted by Crippen LogP contribution is -2.46. The van der Waals surface area contributed by atoms with E-state index in [2.05, 4.69) is 25.4 Å². The quantitative estimate of drug-likeness (QED) is 0.665. The van der Waals surface area contributed by atoms with Gasteiger partial charge in [0.15, 0.2) is 5.82 Å².